The van der Waals surface area contributed by atoms with Gasteiger partial charge < -0.3 is 9.84 Å². The van der Waals surface area contributed by atoms with E-state index < -0.39 is 21.4 Å². The minimum absolute atomic E-state index is 0.00775. The summed E-state index contributed by atoms with van der Waals surface area (Å²) in [6.07, 6.45) is 0.258. The maximum absolute atomic E-state index is 13.3. The van der Waals surface area contributed by atoms with Crippen molar-refractivity contribution in [3.8, 4) is 5.75 Å². The number of hydrogen-bond acceptors (Lipinski definition) is 4. The number of para-hydroxylation sites is 1. The smallest absolute Gasteiger partial charge is 0.243 e. The van der Waals surface area contributed by atoms with Crippen molar-refractivity contribution in [2.45, 2.75) is 16.9 Å². The molecule has 1 heterocycles. The van der Waals surface area contributed by atoms with Gasteiger partial charge in [0.1, 0.15) is 23.8 Å². The molecule has 1 fully saturated rings. The lowest BCUT2D eigenvalue weighted by Gasteiger charge is -2.23. The number of rotatable bonds is 5. The lowest BCUT2D eigenvalue weighted by molar-refractivity contribution is 0.00875. The number of aliphatic hydroxyl groups is 1. The second-order valence-corrected chi connectivity index (χ2v) is 7.81. The van der Waals surface area contributed by atoms with Crippen LogP contribution in [0.2, 0.25) is 0 Å². The fourth-order valence-corrected chi connectivity index (χ4v) is 4.21. The minimum Gasteiger partial charge on any atom is -0.491 e. The zero-order chi connectivity index (χ0) is 17.2. The molecule has 3 rings (SSSR count). The van der Waals surface area contributed by atoms with Crippen LogP contribution in [0.3, 0.4) is 0 Å². The molecule has 0 unspecified atom stereocenters. The largest absolute Gasteiger partial charge is 0.491 e. The van der Waals surface area contributed by atoms with Gasteiger partial charge in [0.15, 0.2) is 0 Å². The Morgan fingerprint density at radius 2 is 1.92 bits per heavy atom. The van der Waals surface area contributed by atoms with Crippen LogP contribution in [0.4, 0.5) is 4.39 Å². The molecule has 0 bridgehead atoms. The third-order valence-corrected chi connectivity index (χ3v) is 5.82. The molecule has 0 radical (unpaired) electrons. The van der Waals surface area contributed by atoms with Gasteiger partial charge in [-0.15, -0.1) is 0 Å². The number of ether oxygens (including phenoxy) is 1. The molecule has 0 saturated carbocycles. The van der Waals surface area contributed by atoms with Gasteiger partial charge in [0.25, 0.3) is 0 Å². The number of nitrogens with zero attached hydrogens (tertiary/aromatic N) is 1. The van der Waals surface area contributed by atoms with E-state index in [1.165, 1.54) is 18.2 Å². The molecule has 128 valence electrons. The van der Waals surface area contributed by atoms with Gasteiger partial charge in [0.2, 0.25) is 10.0 Å². The molecule has 0 aromatic heterocycles. The molecule has 1 saturated heterocycles. The molecule has 1 aliphatic rings. The van der Waals surface area contributed by atoms with Crippen molar-refractivity contribution < 1.29 is 22.7 Å². The number of β-amino-alcohol motifs (C(OH)–C–C–N with tert-alkyl or cyclic N) is 1. The van der Waals surface area contributed by atoms with Crippen molar-refractivity contribution in [2.24, 2.45) is 0 Å². The summed E-state index contributed by atoms with van der Waals surface area (Å²) in [5.41, 5.74) is -1.27. The first-order valence-electron chi connectivity index (χ1n) is 7.55. The van der Waals surface area contributed by atoms with E-state index in [0.29, 0.717) is 5.75 Å². The van der Waals surface area contributed by atoms with Crippen molar-refractivity contribution in [2.75, 3.05) is 19.7 Å². The molecule has 2 aromatic carbocycles. The highest BCUT2D eigenvalue weighted by molar-refractivity contribution is 7.89. The van der Waals surface area contributed by atoms with Crippen molar-refractivity contribution in [1.82, 2.24) is 4.31 Å². The van der Waals surface area contributed by atoms with Gasteiger partial charge in [-0.05, 0) is 36.8 Å². The van der Waals surface area contributed by atoms with Crippen LogP contribution < -0.4 is 4.74 Å². The van der Waals surface area contributed by atoms with E-state index >= 15 is 0 Å². The number of sulfonamides is 1. The fourth-order valence-electron chi connectivity index (χ4n) is 2.65. The minimum atomic E-state index is -3.84. The summed E-state index contributed by atoms with van der Waals surface area (Å²) in [4.78, 5) is -0.115. The Bertz CT molecular complexity index is 812. The van der Waals surface area contributed by atoms with Gasteiger partial charge in [-0.2, -0.15) is 4.31 Å². The van der Waals surface area contributed by atoms with Crippen LogP contribution in [0.15, 0.2) is 59.5 Å². The van der Waals surface area contributed by atoms with Gasteiger partial charge in [-0.1, -0.05) is 24.3 Å². The molecular formula is C17H18FNO4S. The monoisotopic (exact) mass is 351 g/mol. The van der Waals surface area contributed by atoms with Crippen molar-refractivity contribution in [3.63, 3.8) is 0 Å². The second-order valence-electron chi connectivity index (χ2n) is 5.87. The number of benzene rings is 2. The molecule has 0 aliphatic carbocycles. The summed E-state index contributed by atoms with van der Waals surface area (Å²) in [6, 6.07) is 13.9. The van der Waals surface area contributed by atoms with Gasteiger partial charge in [-0.3, -0.25) is 0 Å². The zero-order valence-electron chi connectivity index (χ0n) is 12.9. The highest BCUT2D eigenvalue weighted by atomic mass is 32.2. The normalized spacial score (nSPS) is 21.8. The summed E-state index contributed by atoms with van der Waals surface area (Å²) < 4.78 is 45.1. The average Bonchev–Trinajstić information content (AvgIpc) is 2.98. The molecule has 1 atom stereocenters. The van der Waals surface area contributed by atoms with Crippen LogP contribution in [-0.2, 0) is 10.0 Å². The second kappa shape index (κ2) is 6.51. The van der Waals surface area contributed by atoms with Crippen LogP contribution in [0.5, 0.6) is 5.75 Å². The van der Waals surface area contributed by atoms with E-state index in [1.807, 2.05) is 18.2 Å². The van der Waals surface area contributed by atoms with E-state index in [1.54, 1.807) is 12.1 Å². The quantitative estimate of drug-likeness (QED) is 0.895. The third kappa shape index (κ3) is 3.58. The summed E-state index contributed by atoms with van der Waals surface area (Å²) in [7, 11) is -3.84. The Labute approximate surface area is 140 Å². The Balaban J connectivity index is 1.70. The van der Waals surface area contributed by atoms with Crippen LogP contribution >= 0.6 is 0 Å². The summed E-state index contributed by atoms with van der Waals surface area (Å²) in [5.74, 6) is -0.00435. The standard InChI is InChI=1S/C17H18FNO4S/c18-14-5-4-8-16(11-14)24(21,22)19-10-9-17(20,12-19)13-23-15-6-2-1-3-7-15/h1-8,11,20H,9-10,12-13H2/t17-/m1/s1. The predicted molar refractivity (Wildman–Crippen MR) is 86.7 cm³/mol. The SMILES string of the molecule is O=S(=O)(c1cccc(F)c1)N1CC[C@](O)(COc2ccccc2)C1. The average molecular weight is 351 g/mol. The van der Waals surface area contributed by atoms with Crippen LogP contribution in [-0.4, -0.2) is 43.1 Å². The molecule has 0 amide bonds. The Kier molecular flexibility index (Phi) is 4.58. The first kappa shape index (κ1) is 16.9. The number of hydrogen-bond donors (Lipinski definition) is 1. The molecule has 1 aliphatic heterocycles. The zero-order valence-corrected chi connectivity index (χ0v) is 13.7. The van der Waals surface area contributed by atoms with Crippen LogP contribution in [0, 0.1) is 5.82 Å². The highest BCUT2D eigenvalue weighted by Crippen LogP contribution is 2.28. The molecule has 1 N–H and O–H groups in total. The molecule has 7 heteroatoms. The molecule has 2 aromatic rings. The van der Waals surface area contributed by atoms with Crippen molar-refractivity contribution in [3.05, 3.63) is 60.4 Å². The van der Waals surface area contributed by atoms with Gasteiger partial charge in [0, 0.05) is 13.1 Å². The van der Waals surface area contributed by atoms with E-state index in [4.69, 9.17) is 4.74 Å². The fraction of sp³-hybridized carbons (Fsp3) is 0.294. The lowest BCUT2D eigenvalue weighted by Crippen LogP contribution is -2.40. The van der Waals surface area contributed by atoms with E-state index in [-0.39, 0.29) is 31.0 Å². The highest BCUT2D eigenvalue weighted by Gasteiger charge is 2.42. The molecular weight excluding hydrogens is 333 g/mol. The predicted octanol–water partition coefficient (Wildman–Crippen LogP) is 2.03. The van der Waals surface area contributed by atoms with Crippen molar-refractivity contribution >= 4 is 10.0 Å². The Morgan fingerprint density at radius 1 is 1.17 bits per heavy atom. The molecule has 5 nitrogen and oxygen atoms in total. The number of halogens is 1. The topological polar surface area (TPSA) is 66.8 Å². The van der Waals surface area contributed by atoms with E-state index in [0.717, 1.165) is 10.4 Å². The maximum atomic E-state index is 13.3. The van der Waals surface area contributed by atoms with Gasteiger partial charge >= 0.3 is 0 Å². The van der Waals surface area contributed by atoms with E-state index in [9.17, 15) is 17.9 Å². The molecule has 0 spiro atoms. The van der Waals surface area contributed by atoms with Crippen molar-refractivity contribution in [1.29, 1.82) is 0 Å². The summed E-state index contributed by atoms with van der Waals surface area (Å²) >= 11 is 0. The van der Waals surface area contributed by atoms with E-state index in [2.05, 4.69) is 0 Å². The van der Waals surface area contributed by atoms with Crippen LogP contribution in [0.25, 0.3) is 0 Å². The Hall–Kier alpha value is -1.96. The first-order chi connectivity index (χ1) is 11.4. The molecule has 24 heavy (non-hydrogen) atoms. The summed E-state index contributed by atoms with van der Waals surface area (Å²) in [6.45, 7) is 0.0678. The van der Waals surface area contributed by atoms with Gasteiger partial charge in [0.05, 0.1) is 4.90 Å². The first-order valence-corrected chi connectivity index (χ1v) is 8.99. The summed E-state index contributed by atoms with van der Waals surface area (Å²) in [5, 5.41) is 10.6. The maximum Gasteiger partial charge on any atom is 0.243 e. The lowest BCUT2D eigenvalue weighted by atomic mass is 10.1. The third-order valence-electron chi connectivity index (χ3n) is 3.98. The van der Waals surface area contributed by atoms with Gasteiger partial charge in [-0.25, -0.2) is 12.8 Å². The Morgan fingerprint density at radius 3 is 2.62 bits per heavy atom. The van der Waals surface area contributed by atoms with Crippen LogP contribution in [0.1, 0.15) is 6.42 Å².